The van der Waals surface area contributed by atoms with Gasteiger partial charge in [-0.2, -0.15) is 0 Å². The number of amides is 2. The number of sulfonamides is 1. The minimum absolute atomic E-state index is 0.0482. The third kappa shape index (κ3) is 7.48. The van der Waals surface area contributed by atoms with Gasteiger partial charge in [0.15, 0.2) is 0 Å². The van der Waals surface area contributed by atoms with Crippen LogP contribution < -0.4 is 14.4 Å². The average Bonchev–Trinajstić information content (AvgIpc) is 2.80. The van der Waals surface area contributed by atoms with E-state index >= 15 is 0 Å². The van der Waals surface area contributed by atoms with Crippen molar-refractivity contribution in [2.75, 3.05) is 24.2 Å². The Labute approximate surface area is 202 Å². The highest BCUT2D eigenvalue weighted by atomic mass is 32.2. The Hall–Kier alpha value is -3.07. The van der Waals surface area contributed by atoms with E-state index in [4.69, 9.17) is 4.74 Å². The van der Waals surface area contributed by atoms with Crippen LogP contribution in [0.5, 0.6) is 5.75 Å². The van der Waals surface area contributed by atoms with Gasteiger partial charge >= 0.3 is 0 Å². The molecule has 186 valence electrons. The number of rotatable bonds is 11. The molecule has 0 spiro atoms. The summed E-state index contributed by atoms with van der Waals surface area (Å²) >= 11 is 0. The lowest BCUT2D eigenvalue weighted by molar-refractivity contribution is -0.139. The van der Waals surface area contributed by atoms with Gasteiger partial charge in [0.25, 0.3) is 0 Å². The van der Waals surface area contributed by atoms with E-state index in [1.54, 1.807) is 50.4 Å². The van der Waals surface area contributed by atoms with Gasteiger partial charge in [-0.1, -0.05) is 36.8 Å². The zero-order chi connectivity index (χ0) is 25.5. The molecule has 0 saturated carbocycles. The number of benzene rings is 2. The van der Waals surface area contributed by atoms with Crippen molar-refractivity contribution < 1.29 is 22.7 Å². The van der Waals surface area contributed by atoms with Gasteiger partial charge in [-0.3, -0.25) is 13.9 Å². The summed E-state index contributed by atoms with van der Waals surface area (Å²) in [6, 6.07) is 13.2. The van der Waals surface area contributed by atoms with Crippen LogP contribution in [0, 0.1) is 6.92 Å². The average molecular weight is 490 g/mol. The molecule has 0 bridgehead atoms. The molecule has 1 N–H and O–H groups in total. The summed E-state index contributed by atoms with van der Waals surface area (Å²) in [6.45, 7) is 7.12. The third-order valence-corrected chi connectivity index (χ3v) is 6.82. The Morgan fingerprint density at radius 3 is 2.12 bits per heavy atom. The van der Waals surface area contributed by atoms with Crippen molar-refractivity contribution >= 4 is 27.5 Å². The summed E-state index contributed by atoms with van der Waals surface area (Å²) in [5.41, 5.74) is 2.15. The Morgan fingerprint density at radius 2 is 1.62 bits per heavy atom. The van der Waals surface area contributed by atoms with Crippen LogP contribution in [0.3, 0.4) is 0 Å². The molecule has 2 aromatic carbocycles. The molecule has 34 heavy (non-hydrogen) atoms. The van der Waals surface area contributed by atoms with Crippen molar-refractivity contribution in [3.05, 3.63) is 59.7 Å². The second-order valence-electron chi connectivity index (χ2n) is 8.47. The topological polar surface area (TPSA) is 96.0 Å². The molecular weight excluding hydrogens is 454 g/mol. The summed E-state index contributed by atoms with van der Waals surface area (Å²) in [4.78, 5) is 27.8. The third-order valence-electron chi connectivity index (χ3n) is 5.68. The molecule has 0 aliphatic carbocycles. The molecule has 0 aliphatic heterocycles. The number of nitrogens with one attached hydrogen (secondary N) is 1. The summed E-state index contributed by atoms with van der Waals surface area (Å²) in [7, 11) is -2.17. The van der Waals surface area contributed by atoms with Crippen molar-refractivity contribution in [2.45, 2.75) is 52.7 Å². The SMILES string of the molecule is CCC(C)NC(=O)C(C)N(Cc1ccc(OC)cc1)C(=O)CN(c1ccc(C)cc1)S(C)(=O)=O. The van der Waals surface area contributed by atoms with Crippen LogP contribution in [-0.2, 0) is 26.2 Å². The molecule has 0 aromatic heterocycles. The fourth-order valence-corrected chi connectivity index (χ4v) is 4.15. The van der Waals surface area contributed by atoms with Crippen LogP contribution in [-0.4, -0.2) is 57.1 Å². The van der Waals surface area contributed by atoms with Gasteiger partial charge in [-0.05, 0) is 57.0 Å². The van der Waals surface area contributed by atoms with Gasteiger partial charge in [0.1, 0.15) is 18.3 Å². The summed E-state index contributed by atoms with van der Waals surface area (Å²) in [6.07, 6.45) is 1.81. The molecule has 0 heterocycles. The number of nitrogens with zero attached hydrogens (tertiary/aromatic N) is 2. The van der Waals surface area contributed by atoms with E-state index in [9.17, 15) is 18.0 Å². The highest BCUT2D eigenvalue weighted by Crippen LogP contribution is 2.20. The molecule has 2 atom stereocenters. The van der Waals surface area contributed by atoms with Crippen molar-refractivity contribution in [1.29, 1.82) is 0 Å². The molecule has 0 fully saturated rings. The smallest absolute Gasteiger partial charge is 0.244 e. The Kier molecular flexibility index (Phi) is 9.49. The highest BCUT2D eigenvalue weighted by molar-refractivity contribution is 7.92. The number of carbonyl (C=O) groups excluding carboxylic acids is 2. The van der Waals surface area contributed by atoms with Crippen LogP contribution in [0.4, 0.5) is 5.69 Å². The van der Waals surface area contributed by atoms with Crippen molar-refractivity contribution in [3.8, 4) is 5.75 Å². The molecule has 2 aromatic rings. The van der Waals surface area contributed by atoms with Crippen LogP contribution in [0.2, 0.25) is 0 Å². The van der Waals surface area contributed by atoms with Gasteiger partial charge in [0.05, 0.1) is 19.1 Å². The molecule has 2 rings (SSSR count). The number of carbonyl (C=O) groups is 2. The summed E-state index contributed by atoms with van der Waals surface area (Å²) < 4.78 is 31.4. The largest absolute Gasteiger partial charge is 0.497 e. The van der Waals surface area contributed by atoms with Crippen molar-refractivity contribution in [2.24, 2.45) is 0 Å². The molecule has 0 aliphatic rings. The maximum atomic E-state index is 13.5. The number of hydrogen-bond acceptors (Lipinski definition) is 5. The Morgan fingerprint density at radius 1 is 1.03 bits per heavy atom. The van der Waals surface area contributed by atoms with E-state index in [1.807, 2.05) is 32.9 Å². The lowest BCUT2D eigenvalue weighted by Gasteiger charge is -2.32. The molecule has 2 amide bonds. The van der Waals surface area contributed by atoms with Gasteiger partial charge in [0.2, 0.25) is 21.8 Å². The standard InChI is InChI=1S/C25H35N3O5S/c1-7-19(3)26-25(30)20(4)27(16-21-10-14-23(33-5)15-11-21)24(29)17-28(34(6,31)32)22-12-8-18(2)9-13-22/h8-15,19-20H,7,16-17H2,1-6H3,(H,26,30). The van der Waals surface area contributed by atoms with Gasteiger partial charge < -0.3 is 15.0 Å². The summed E-state index contributed by atoms with van der Waals surface area (Å²) in [5, 5.41) is 2.91. The highest BCUT2D eigenvalue weighted by Gasteiger charge is 2.30. The van der Waals surface area contributed by atoms with E-state index in [2.05, 4.69) is 5.32 Å². The molecule has 8 nitrogen and oxygen atoms in total. The number of anilines is 1. The maximum Gasteiger partial charge on any atom is 0.244 e. The zero-order valence-electron chi connectivity index (χ0n) is 20.7. The fraction of sp³-hybridized carbons (Fsp3) is 0.440. The molecule has 0 radical (unpaired) electrons. The molecule has 9 heteroatoms. The maximum absolute atomic E-state index is 13.5. The quantitative estimate of drug-likeness (QED) is 0.523. The van der Waals surface area contributed by atoms with Gasteiger partial charge in [-0.25, -0.2) is 8.42 Å². The molecule has 2 unspecified atom stereocenters. The van der Waals surface area contributed by atoms with Crippen LogP contribution in [0.15, 0.2) is 48.5 Å². The number of ether oxygens (including phenoxy) is 1. The zero-order valence-corrected chi connectivity index (χ0v) is 21.6. The number of hydrogen-bond donors (Lipinski definition) is 1. The van der Waals surface area contributed by atoms with Gasteiger partial charge in [-0.15, -0.1) is 0 Å². The van der Waals surface area contributed by atoms with E-state index < -0.39 is 28.5 Å². The molecule has 0 saturated heterocycles. The summed E-state index contributed by atoms with van der Waals surface area (Å²) in [5.74, 6) is -0.0992. The van der Waals surface area contributed by atoms with E-state index in [-0.39, 0.29) is 18.5 Å². The number of methoxy groups -OCH3 is 1. The first kappa shape index (κ1) is 27.2. The lowest BCUT2D eigenvalue weighted by Crippen LogP contribution is -2.52. The van der Waals surface area contributed by atoms with Crippen molar-refractivity contribution in [3.63, 3.8) is 0 Å². The van der Waals surface area contributed by atoms with Crippen LogP contribution in [0.1, 0.15) is 38.3 Å². The molecular formula is C25H35N3O5S. The van der Waals surface area contributed by atoms with Gasteiger partial charge in [0, 0.05) is 12.6 Å². The normalized spacial score (nSPS) is 13.0. The van der Waals surface area contributed by atoms with E-state index in [0.717, 1.165) is 28.1 Å². The first-order chi connectivity index (χ1) is 16.0. The Balaban J connectivity index is 2.36. The van der Waals surface area contributed by atoms with Crippen molar-refractivity contribution in [1.82, 2.24) is 10.2 Å². The van der Waals surface area contributed by atoms with Crippen LogP contribution in [0.25, 0.3) is 0 Å². The van der Waals surface area contributed by atoms with Crippen LogP contribution >= 0.6 is 0 Å². The fourth-order valence-electron chi connectivity index (χ4n) is 3.30. The minimum atomic E-state index is -3.74. The lowest BCUT2D eigenvalue weighted by atomic mass is 10.1. The predicted octanol–water partition coefficient (Wildman–Crippen LogP) is 3.10. The number of aryl methyl sites for hydroxylation is 1. The second-order valence-corrected chi connectivity index (χ2v) is 10.4. The monoisotopic (exact) mass is 489 g/mol. The minimum Gasteiger partial charge on any atom is -0.497 e. The first-order valence-corrected chi connectivity index (χ1v) is 13.1. The second kappa shape index (κ2) is 11.9. The first-order valence-electron chi connectivity index (χ1n) is 11.2. The Bertz CT molecular complexity index is 1070. The van der Waals surface area contributed by atoms with E-state index in [1.165, 1.54) is 4.90 Å². The van der Waals surface area contributed by atoms with E-state index in [0.29, 0.717) is 11.4 Å². The predicted molar refractivity (Wildman–Crippen MR) is 134 cm³/mol.